The first kappa shape index (κ1) is 27.8. The molecule has 1 rings (SSSR count). The molecular formula is C21H33N5O7. The molecule has 184 valence electrons. The molecule has 4 atom stereocenters. The fourth-order valence-corrected chi connectivity index (χ4v) is 2.86. The quantitative estimate of drug-likeness (QED) is 0.141. The highest BCUT2D eigenvalue weighted by atomic mass is 16.4. The number of nitrogens with one attached hydrogen (secondary N) is 3. The Morgan fingerprint density at radius 1 is 0.939 bits per heavy atom. The largest absolute Gasteiger partial charge is 0.508 e. The fraction of sp³-hybridized carbons (Fsp3) is 0.524. The molecule has 0 saturated carbocycles. The standard InChI is InChI=1S/C21H33N5O7/c1-12(24-19(30)15(23)4-2-3-9-22)18(29)26-17(11-27)20(31)25-16(21(32)33)10-13-5-7-14(28)8-6-13/h5-8,12,15-17,27-28H,2-4,9-11,22-23H2,1H3,(H,24,30)(H,25,31)(H,26,29)(H,32,33). The molecule has 0 fully saturated rings. The summed E-state index contributed by atoms with van der Waals surface area (Å²) in [6.07, 6.45) is 1.69. The molecule has 0 saturated heterocycles. The van der Waals surface area contributed by atoms with Gasteiger partial charge in [0.15, 0.2) is 0 Å². The van der Waals surface area contributed by atoms with Crippen molar-refractivity contribution in [3.63, 3.8) is 0 Å². The number of carboxylic acids is 1. The molecule has 33 heavy (non-hydrogen) atoms. The van der Waals surface area contributed by atoms with Crippen molar-refractivity contribution in [3.8, 4) is 5.75 Å². The Labute approximate surface area is 191 Å². The number of carboxylic acid groups (broad SMARTS) is 1. The number of hydrogen-bond acceptors (Lipinski definition) is 8. The number of amides is 3. The van der Waals surface area contributed by atoms with Crippen molar-refractivity contribution in [2.24, 2.45) is 11.5 Å². The minimum Gasteiger partial charge on any atom is -0.508 e. The number of phenols is 1. The molecule has 0 spiro atoms. The van der Waals surface area contributed by atoms with Crippen LogP contribution in [0.2, 0.25) is 0 Å². The van der Waals surface area contributed by atoms with E-state index in [-0.39, 0.29) is 12.2 Å². The summed E-state index contributed by atoms with van der Waals surface area (Å²) in [5.41, 5.74) is 11.7. The third-order valence-electron chi connectivity index (χ3n) is 4.86. The van der Waals surface area contributed by atoms with E-state index in [1.54, 1.807) is 0 Å². The number of aliphatic hydroxyl groups is 1. The summed E-state index contributed by atoms with van der Waals surface area (Å²) >= 11 is 0. The second-order valence-corrected chi connectivity index (χ2v) is 7.63. The van der Waals surface area contributed by atoms with Crippen molar-refractivity contribution in [2.75, 3.05) is 13.2 Å². The predicted octanol–water partition coefficient (Wildman–Crippen LogP) is -2.06. The summed E-state index contributed by atoms with van der Waals surface area (Å²) in [6.45, 7) is 1.08. The second kappa shape index (κ2) is 14.0. The van der Waals surface area contributed by atoms with Gasteiger partial charge in [-0.2, -0.15) is 0 Å². The molecule has 0 heterocycles. The van der Waals surface area contributed by atoms with Gasteiger partial charge in [0.25, 0.3) is 0 Å². The number of carbonyl (C=O) groups excluding carboxylic acids is 3. The average molecular weight is 468 g/mol. The highest BCUT2D eigenvalue weighted by Gasteiger charge is 2.28. The molecule has 0 aliphatic heterocycles. The second-order valence-electron chi connectivity index (χ2n) is 7.63. The SMILES string of the molecule is CC(NC(=O)C(N)CCCCN)C(=O)NC(CO)C(=O)NC(Cc1ccc(O)cc1)C(=O)O. The van der Waals surface area contributed by atoms with E-state index < -0.39 is 54.5 Å². The van der Waals surface area contributed by atoms with Crippen molar-refractivity contribution < 1.29 is 34.5 Å². The van der Waals surface area contributed by atoms with E-state index in [1.807, 2.05) is 0 Å². The molecule has 0 radical (unpaired) electrons. The van der Waals surface area contributed by atoms with Gasteiger partial charge in [-0.15, -0.1) is 0 Å². The zero-order chi connectivity index (χ0) is 25.0. The van der Waals surface area contributed by atoms with Gasteiger partial charge in [0.05, 0.1) is 12.6 Å². The van der Waals surface area contributed by atoms with Crippen molar-refractivity contribution in [1.29, 1.82) is 0 Å². The zero-order valence-electron chi connectivity index (χ0n) is 18.5. The molecule has 0 aromatic heterocycles. The number of aliphatic carboxylic acids is 1. The number of aromatic hydroxyl groups is 1. The summed E-state index contributed by atoms with van der Waals surface area (Å²) in [4.78, 5) is 48.5. The van der Waals surface area contributed by atoms with Gasteiger partial charge in [-0.3, -0.25) is 14.4 Å². The van der Waals surface area contributed by atoms with Crippen molar-refractivity contribution in [3.05, 3.63) is 29.8 Å². The fourth-order valence-electron chi connectivity index (χ4n) is 2.86. The Bertz CT molecular complexity index is 803. The molecule has 0 bridgehead atoms. The smallest absolute Gasteiger partial charge is 0.326 e. The van der Waals surface area contributed by atoms with Gasteiger partial charge in [0, 0.05) is 6.42 Å². The van der Waals surface area contributed by atoms with Gasteiger partial charge in [-0.1, -0.05) is 18.6 Å². The number of nitrogens with two attached hydrogens (primary N) is 2. The number of aliphatic hydroxyl groups excluding tert-OH is 1. The third kappa shape index (κ3) is 9.85. The summed E-state index contributed by atoms with van der Waals surface area (Å²) in [7, 11) is 0. The maximum absolute atomic E-state index is 12.5. The Balaban J connectivity index is 2.65. The van der Waals surface area contributed by atoms with Gasteiger partial charge < -0.3 is 42.7 Å². The molecule has 12 heteroatoms. The number of hydrogen-bond donors (Lipinski definition) is 8. The van der Waals surface area contributed by atoms with E-state index in [9.17, 15) is 34.5 Å². The Kier molecular flexibility index (Phi) is 11.8. The van der Waals surface area contributed by atoms with Gasteiger partial charge in [-0.05, 0) is 44.0 Å². The molecule has 0 aliphatic rings. The highest BCUT2D eigenvalue weighted by molar-refractivity contribution is 5.94. The maximum atomic E-state index is 12.5. The van der Waals surface area contributed by atoms with Crippen LogP contribution in [-0.4, -0.2) is 76.3 Å². The van der Waals surface area contributed by atoms with Crippen LogP contribution in [0.25, 0.3) is 0 Å². The lowest BCUT2D eigenvalue weighted by Gasteiger charge is -2.22. The third-order valence-corrected chi connectivity index (χ3v) is 4.86. The first-order valence-electron chi connectivity index (χ1n) is 10.6. The Morgan fingerprint density at radius 3 is 2.09 bits per heavy atom. The lowest BCUT2D eigenvalue weighted by atomic mass is 10.1. The Morgan fingerprint density at radius 2 is 1.55 bits per heavy atom. The van der Waals surface area contributed by atoms with Crippen LogP contribution < -0.4 is 27.4 Å². The minimum atomic E-state index is -1.43. The van der Waals surface area contributed by atoms with Crippen LogP contribution in [-0.2, 0) is 25.6 Å². The molecule has 10 N–H and O–H groups in total. The van der Waals surface area contributed by atoms with Crippen LogP contribution in [0.1, 0.15) is 31.7 Å². The zero-order valence-corrected chi connectivity index (χ0v) is 18.5. The van der Waals surface area contributed by atoms with Crippen LogP contribution in [0.3, 0.4) is 0 Å². The van der Waals surface area contributed by atoms with Crippen molar-refractivity contribution >= 4 is 23.7 Å². The van der Waals surface area contributed by atoms with Crippen LogP contribution in [0.4, 0.5) is 0 Å². The topological polar surface area (TPSA) is 217 Å². The molecule has 3 amide bonds. The van der Waals surface area contributed by atoms with E-state index in [4.69, 9.17) is 11.5 Å². The first-order chi connectivity index (χ1) is 15.6. The van der Waals surface area contributed by atoms with Gasteiger partial charge in [0.2, 0.25) is 17.7 Å². The van der Waals surface area contributed by atoms with Crippen molar-refractivity contribution in [2.45, 2.75) is 56.8 Å². The van der Waals surface area contributed by atoms with Crippen molar-refractivity contribution in [1.82, 2.24) is 16.0 Å². The average Bonchev–Trinajstić information content (AvgIpc) is 2.77. The predicted molar refractivity (Wildman–Crippen MR) is 119 cm³/mol. The van der Waals surface area contributed by atoms with Crippen LogP contribution in [0.5, 0.6) is 5.75 Å². The molecule has 4 unspecified atom stereocenters. The Hall–Kier alpha value is -3.22. The highest BCUT2D eigenvalue weighted by Crippen LogP contribution is 2.11. The van der Waals surface area contributed by atoms with E-state index in [1.165, 1.54) is 31.2 Å². The summed E-state index contributed by atoms with van der Waals surface area (Å²) in [6, 6.07) is 1.14. The lowest BCUT2D eigenvalue weighted by molar-refractivity contribution is -0.142. The first-order valence-corrected chi connectivity index (χ1v) is 10.6. The van der Waals surface area contributed by atoms with Gasteiger partial charge >= 0.3 is 5.97 Å². The van der Waals surface area contributed by atoms with Crippen LogP contribution in [0, 0.1) is 0 Å². The summed E-state index contributed by atoms with van der Waals surface area (Å²) in [5.74, 6) is -3.51. The van der Waals surface area contributed by atoms with Crippen LogP contribution >= 0.6 is 0 Å². The number of benzene rings is 1. The number of unbranched alkanes of at least 4 members (excludes halogenated alkanes) is 1. The van der Waals surface area contributed by atoms with E-state index in [0.29, 0.717) is 31.4 Å². The summed E-state index contributed by atoms with van der Waals surface area (Å²) < 4.78 is 0. The number of rotatable bonds is 14. The van der Waals surface area contributed by atoms with Crippen LogP contribution in [0.15, 0.2) is 24.3 Å². The molecule has 12 nitrogen and oxygen atoms in total. The number of carbonyl (C=O) groups is 4. The van der Waals surface area contributed by atoms with E-state index in [0.717, 1.165) is 0 Å². The summed E-state index contributed by atoms with van der Waals surface area (Å²) in [5, 5.41) is 35.2. The van der Waals surface area contributed by atoms with E-state index in [2.05, 4.69) is 16.0 Å². The lowest BCUT2D eigenvalue weighted by Crippen LogP contribution is -2.57. The van der Waals surface area contributed by atoms with Gasteiger partial charge in [-0.25, -0.2) is 4.79 Å². The van der Waals surface area contributed by atoms with Gasteiger partial charge in [0.1, 0.15) is 23.9 Å². The molecular weight excluding hydrogens is 434 g/mol. The molecule has 1 aromatic carbocycles. The monoisotopic (exact) mass is 467 g/mol. The maximum Gasteiger partial charge on any atom is 0.326 e. The molecule has 1 aromatic rings. The van der Waals surface area contributed by atoms with E-state index >= 15 is 0 Å². The number of phenolic OH excluding ortho intramolecular Hbond substituents is 1. The molecule has 0 aliphatic carbocycles. The normalized spacial score (nSPS) is 14.4. The minimum absolute atomic E-state index is 0.00967.